The molecule has 0 amide bonds. The van der Waals surface area contributed by atoms with Crippen LogP contribution < -0.4 is 0 Å². The van der Waals surface area contributed by atoms with Crippen molar-refractivity contribution >= 4 is 22.6 Å². The second kappa shape index (κ2) is 8.96. The van der Waals surface area contributed by atoms with E-state index in [9.17, 15) is 13.2 Å². The lowest BCUT2D eigenvalue weighted by Gasteiger charge is -2.26. The summed E-state index contributed by atoms with van der Waals surface area (Å²) in [5.41, 5.74) is 1.44. The van der Waals surface area contributed by atoms with Crippen molar-refractivity contribution in [1.82, 2.24) is 14.5 Å². The van der Waals surface area contributed by atoms with Crippen LogP contribution >= 0.6 is 11.6 Å². The van der Waals surface area contributed by atoms with Crippen LogP contribution in [0.3, 0.4) is 0 Å². The molecule has 160 valence electrons. The van der Waals surface area contributed by atoms with Crippen LogP contribution in [0.5, 0.6) is 0 Å². The second-order valence-corrected chi connectivity index (χ2v) is 7.93. The maximum Gasteiger partial charge on any atom is 0.416 e. The fourth-order valence-corrected chi connectivity index (χ4v) is 3.93. The maximum absolute atomic E-state index is 13.2. The minimum atomic E-state index is -4.38. The van der Waals surface area contributed by atoms with Crippen molar-refractivity contribution in [3.05, 3.63) is 64.4 Å². The van der Waals surface area contributed by atoms with Gasteiger partial charge in [0.1, 0.15) is 5.82 Å². The van der Waals surface area contributed by atoms with E-state index in [1.54, 1.807) is 0 Å². The molecule has 8 heteroatoms. The number of alkyl halides is 3. The van der Waals surface area contributed by atoms with Gasteiger partial charge < -0.3 is 9.30 Å². The summed E-state index contributed by atoms with van der Waals surface area (Å²) in [7, 11) is 0. The first-order valence-electron chi connectivity index (χ1n) is 10.0. The predicted octanol–water partition coefficient (Wildman–Crippen LogP) is 5.02. The molecule has 1 aliphatic heterocycles. The Kier molecular flexibility index (Phi) is 6.32. The van der Waals surface area contributed by atoms with Gasteiger partial charge in [0.15, 0.2) is 0 Å². The van der Waals surface area contributed by atoms with Crippen molar-refractivity contribution in [2.24, 2.45) is 0 Å². The molecule has 30 heavy (non-hydrogen) atoms. The molecule has 1 aromatic heterocycles. The van der Waals surface area contributed by atoms with Gasteiger partial charge in [0.25, 0.3) is 0 Å². The van der Waals surface area contributed by atoms with E-state index in [0.717, 1.165) is 68.3 Å². The van der Waals surface area contributed by atoms with Crippen LogP contribution in [0.4, 0.5) is 13.2 Å². The molecule has 0 bridgehead atoms. The van der Waals surface area contributed by atoms with Gasteiger partial charge in [-0.3, -0.25) is 4.90 Å². The summed E-state index contributed by atoms with van der Waals surface area (Å²) >= 11 is 5.97. The zero-order chi connectivity index (χ0) is 21.1. The van der Waals surface area contributed by atoms with E-state index in [2.05, 4.69) is 9.88 Å². The number of hydrogen-bond donors (Lipinski definition) is 0. The topological polar surface area (TPSA) is 30.3 Å². The Labute approximate surface area is 178 Å². The lowest BCUT2D eigenvalue weighted by molar-refractivity contribution is -0.137. The van der Waals surface area contributed by atoms with E-state index in [4.69, 9.17) is 16.3 Å². The molecule has 2 heterocycles. The highest BCUT2D eigenvalue weighted by Gasteiger charge is 2.31. The van der Waals surface area contributed by atoms with Crippen molar-refractivity contribution in [3.63, 3.8) is 0 Å². The summed E-state index contributed by atoms with van der Waals surface area (Å²) in [5.74, 6) is 0.758. The van der Waals surface area contributed by atoms with Crippen molar-refractivity contribution in [2.45, 2.75) is 25.6 Å². The molecule has 0 saturated carbocycles. The summed E-state index contributed by atoms with van der Waals surface area (Å²) < 4.78 is 46.9. The quantitative estimate of drug-likeness (QED) is 0.542. The molecule has 0 spiro atoms. The smallest absolute Gasteiger partial charge is 0.379 e. The third kappa shape index (κ3) is 4.96. The van der Waals surface area contributed by atoms with Gasteiger partial charge in [-0.2, -0.15) is 13.2 Å². The summed E-state index contributed by atoms with van der Waals surface area (Å²) in [5, 5.41) is 0.646. The number of benzene rings is 2. The van der Waals surface area contributed by atoms with Gasteiger partial charge in [0, 0.05) is 37.6 Å². The van der Waals surface area contributed by atoms with Gasteiger partial charge in [-0.25, -0.2) is 4.98 Å². The van der Waals surface area contributed by atoms with Crippen LogP contribution in [0.15, 0.2) is 42.5 Å². The van der Waals surface area contributed by atoms with Gasteiger partial charge >= 0.3 is 6.18 Å². The van der Waals surface area contributed by atoms with Crippen molar-refractivity contribution < 1.29 is 17.9 Å². The summed E-state index contributed by atoms with van der Waals surface area (Å²) in [6.45, 7) is 4.94. The molecule has 2 aromatic carbocycles. The number of nitrogens with zero attached hydrogens (tertiary/aromatic N) is 3. The first-order valence-corrected chi connectivity index (χ1v) is 10.4. The lowest BCUT2D eigenvalue weighted by atomic mass is 10.1. The first kappa shape index (κ1) is 21.2. The molecule has 4 nitrogen and oxygen atoms in total. The Morgan fingerprint density at radius 3 is 2.43 bits per heavy atom. The summed E-state index contributed by atoms with van der Waals surface area (Å²) in [4.78, 5) is 6.92. The third-order valence-electron chi connectivity index (χ3n) is 5.39. The summed E-state index contributed by atoms with van der Waals surface area (Å²) in [6.07, 6.45) is -2.96. The normalized spacial score (nSPS) is 15.7. The Hall–Kier alpha value is -2.09. The van der Waals surface area contributed by atoms with Gasteiger partial charge in [-0.1, -0.05) is 23.7 Å². The molecule has 1 fully saturated rings. The van der Waals surface area contributed by atoms with Crippen LogP contribution in [-0.4, -0.2) is 47.3 Å². The van der Waals surface area contributed by atoms with E-state index < -0.39 is 11.7 Å². The molecule has 0 atom stereocenters. The standard InChI is InChI=1S/C22H23ClF3N3O/c23-18-5-2-16(3-6-18)14-21-27-19-15-17(22(24,25)26)4-7-20(19)29(21)9-1-8-28-10-12-30-13-11-28/h2-7,15H,1,8-14H2. The molecule has 0 radical (unpaired) electrons. The van der Waals surface area contributed by atoms with Crippen molar-refractivity contribution in [2.75, 3.05) is 32.8 Å². The van der Waals surface area contributed by atoms with Gasteiger partial charge in [-0.15, -0.1) is 0 Å². The van der Waals surface area contributed by atoms with Gasteiger partial charge in [0.05, 0.1) is 29.8 Å². The molecule has 0 aliphatic carbocycles. The fourth-order valence-electron chi connectivity index (χ4n) is 3.80. The Morgan fingerprint density at radius 2 is 1.73 bits per heavy atom. The summed E-state index contributed by atoms with van der Waals surface area (Å²) in [6, 6.07) is 11.3. The molecule has 3 aromatic rings. The molecule has 1 aliphatic rings. The monoisotopic (exact) mass is 437 g/mol. The number of aryl methyl sites for hydroxylation is 1. The van der Waals surface area contributed by atoms with Crippen LogP contribution in [0.25, 0.3) is 11.0 Å². The largest absolute Gasteiger partial charge is 0.416 e. The fraction of sp³-hybridized carbons (Fsp3) is 0.409. The van der Waals surface area contributed by atoms with Crippen molar-refractivity contribution in [3.8, 4) is 0 Å². The molecule has 4 rings (SSSR count). The van der Waals surface area contributed by atoms with Crippen molar-refractivity contribution in [1.29, 1.82) is 0 Å². The molecule has 0 unspecified atom stereocenters. The van der Waals surface area contributed by atoms with E-state index in [0.29, 0.717) is 23.5 Å². The second-order valence-electron chi connectivity index (χ2n) is 7.49. The van der Waals surface area contributed by atoms with Crippen LogP contribution in [0.1, 0.15) is 23.4 Å². The Morgan fingerprint density at radius 1 is 1.00 bits per heavy atom. The number of hydrogen-bond acceptors (Lipinski definition) is 3. The first-order chi connectivity index (χ1) is 14.4. The maximum atomic E-state index is 13.2. The minimum absolute atomic E-state index is 0.375. The molecule has 0 N–H and O–H groups in total. The highest BCUT2D eigenvalue weighted by molar-refractivity contribution is 6.30. The highest BCUT2D eigenvalue weighted by Crippen LogP contribution is 2.32. The number of aromatic nitrogens is 2. The molecular formula is C22H23ClF3N3O. The van der Waals surface area contributed by atoms with E-state index in [-0.39, 0.29) is 0 Å². The zero-order valence-electron chi connectivity index (χ0n) is 16.5. The van der Waals surface area contributed by atoms with Crippen LogP contribution in [0.2, 0.25) is 5.02 Å². The Balaban J connectivity index is 1.60. The van der Waals surface area contributed by atoms with E-state index >= 15 is 0 Å². The number of rotatable bonds is 6. The number of halogens is 4. The van der Waals surface area contributed by atoms with Gasteiger partial charge in [0.2, 0.25) is 0 Å². The van der Waals surface area contributed by atoms with Crippen LogP contribution in [-0.2, 0) is 23.9 Å². The van der Waals surface area contributed by atoms with E-state index in [1.165, 1.54) is 6.07 Å². The zero-order valence-corrected chi connectivity index (χ0v) is 17.2. The lowest BCUT2D eigenvalue weighted by Crippen LogP contribution is -2.37. The minimum Gasteiger partial charge on any atom is -0.379 e. The number of ether oxygens (including phenoxy) is 1. The van der Waals surface area contributed by atoms with Gasteiger partial charge in [-0.05, 0) is 42.3 Å². The average Bonchev–Trinajstić information content (AvgIpc) is 3.06. The van der Waals surface area contributed by atoms with Crippen LogP contribution in [0, 0.1) is 0 Å². The number of morpholine rings is 1. The molecular weight excluding hydrogens is 415 g/mol. The third-order valence-corrected chi connectivity index (χ3v) is 5.64. The number of fused-ring (bicyclic) bond motifs is 1. The SMILES string of the molecule is FC(F)(F)c1ccc2c(c1)nc(Cc1ccc(Cl)cc1)n2CCCN1CCOCC1. The van der Waals surface area contributed by atoms with E-state index in [1.807, 2.05) is 28.8 Å². The highest BCUT2D eigenvalue weighted by atomic mass is 35.5. The number of imidazole rings is 1. The Bertz CT molecular complexity index is 995. The average molecular weight is 438 g/mol. The molecule has 1 saturated heterocycles. The predicted molar refractivity (Wildman–Crippen MR) is 111 cm³/mol.